The first kappa shape index (κ1) is 11.0. The largest absolute Gasteiger partial charge is 0.465 e. The molecule has 2 aromatic rings. The van der Waals surface area contributed by atoms with E-state index in [1.807, 2.05) is 30.3 Å². The molecule has 4 nitrogen and oxygen atoms in total. The smallest absolute Gasteiger partial charge is 0.409 e. The summed E-state index contributed by atoms with van der Waals surface area (Å²) in [6.45, 7) is 0. The van der Waals surface area contributed by atoms with Crippen LogP contribution in [-0.2, 0) is 0 Å². The number of benzene rings is 2. The van der Waals surface area contributed by atoms with Crippen LogP contribution in [0.4, 0.5) is 16.2 Å². The highest BCUT2D eigenvalue weighted by molar-refractivity contribution is 5.93. The maximum Gasteiger partial charge on any atom is 0.409 e. The summed E-state index contributed by atoms with van der Waals surface area (Å²) >= 11 is 0. The van der Waals surface area contributed by atoms with Crippen molar-refractivity contribution in [1.29, 1.82) is 0 Å². The highest BCUT2D eigenvalue weighted by Gasteiger charge is 2.08. The molecule has 0 atom stereocenters. The van der Waals surface area contributed by atoms with Crippen molar-refractivity contribution in [3.8, 4) is 11.1 Å². The van der Waals surface area contributed by atoms with Crippen molar-refractivity contribution in [1.82, 2.24) is 0 Å². The third-order valence-corrected chi connectivity index (χ3v) is 2.42. The lowest BCUT2D eigenvalue weighted by Crippen LogP contribution is -2.08. The Balaban J connectivity index is 2.52. The van der Waals surface area contributed by atoms with Crippen molar-refractivity contribution in [3.05, 3.63) is 48.5 Å². The molecular weight excluding hydrogens is 216 g/mol. The number of carbonyl (C=O) groups is 1. The zero-order chi connectivity index (χ0) is 12.3. The number of nitrogens with one attached hydrogen (secondary N) is 1. The van der Waals surface area contributed by atoms with Crippen LogP contribution in [0.1, 0.15) is 0 Å². The molecule has 4 N–H and O–H groups in total. The normalized spacial score (nSPS) is 9.88. The summed E-state index contributed by atoms with van der Waals surface area (Å²) in [5.74, 6) is 0. The molecular formula is C13H12N2O2. The predicted octanol–water partition coefficient (Wildman–Crippen LogP) is 3.03. The van der Waals surface area contributed by atoms with Crippen LogP contribution in [0.3, 0.4) is 0 Å². The summed E-state index contributed by atoms with van der Waals surface area (Å²) in [6, 6.07) is 14.5. The minimum Gasteiger partial charge on any atom is -0.465 e. The Labute approximate surface area is 98.7 Å². The van der Waals surface area contributed by atoms with E-state index in [-0.39, 0.29) is 0 Å². The van der Waals surface area contributed by atoms with Crippen molar-refractivity contribution in [3.63, 3.8) is 0 Å². The Morgan fingerprint density at radius 1 is 1.00 bits per heavy atom. The fourth-order valence-corrected chi connectivity index (χ4v) is 1.68. The number of anilines is 2. The van der Waals surface area contributed by atoms with E-state index in [1.54, 1.807) is 18.2 Å². The molecule has 4 heteroatoms. The average Bonchev–Trinajstić information content (AvgIpc) is 2.30. The maximum absolute atomic E-state index is 10.7. The summed E-state index contributed by atoms with van der Waals surface area (Å²) in [7, 11) is 0. The van der Waals surface area contributed by atoms with Crippen molar-refractivity contribution in [2.45, 2.75) is 0 Å². The maximum atomic E-state index is 10.7. The summed E-state index contributed by atoms with van der Waals surface area (Å²) in [5.41, 5.74) is 8.61. The van der Waals surface area contributed by atoms with E-state index in [2.05, 4.69) is 5.32 Å². The van der Waals surface area contributed by atoms with Crippen LogP contribution in [0.15, 0.2) is 48.5 Å². The molecule has 17 heavy (non-hydrogen) atoms. The van der Waals surface area contributed by atoms with E-state index in [1.165, 1.54) is 0 Å². The molecule has 0 radical (unpaired) electrons. The molecule has 0 aliphatic heterocycles. The lowest BCUT2D eigenvalue weighted by molar-refractivity contribution is 0.210. The van der Waals surface area contributed by atoms with E-state index in [9.17, 15) is 4.79 Å². The molecule has 0 aromatic heterocycles. The average molecular weight is 228 g/mol. The van der Waals surface area contributed by atoms with Gasteiger partial charge in [0, 0.05) is 16.8 Å². The number of hydrogen-bond donors (Lipinski definition) is 3. The van der Waals surface area contributed by atoms with Crippen molar-refractivity contribution in [2.24, 2.45) is 0 Å². The van der Waals surface area contributed by atoms with Gasteiger partial charge in [0.05, 0.1) is 5.69 Å². The minimum absolute atomic E-state index is 0.526. The van der Waals surface area contributed by atoms with Crippen LogP contribution in [0.25, 0.3) is 11.1 Å². The molecule has 0 spiro atoms. The molecule has 0 bridgehead atoms. The van der Waals surface area contributed by atoms with E-state index in [0.29, 0.717) is 11.4 Å². The number of amides is 1. The summed E-state index contributed by atoms with van der Waals surface area (Å²) < 4.78 is 0. The van der Waals surface area contributed by atoms with Crippen molar-refractivity contribution >= 4 is 17.5 Å². The van der Waals surface area contributed by atoms with E-state index < -0.39 is 6.09 Å². The topological polar surface area (TPSA) is 75.3 Å². The molecule has 2 rings (SSSR count). The SMILES string of the molecule is Nc1ccccc1-c1ccccc1NC(=O)O. The van der Waals surface area contributed by atoms with Gasteiger partial charge < -0.3 is 10.8 Å². The molecule has 86 valence electrons. The van der Waals surface area contributed by atoms with Crippen LogP contribution < -0.4 is 11.1 Å². The number of rotatable bonds is 2. The highest BCUT2D eigenvalue weighted by Crippen LogP contribution is 2.31. The molecule has 1 amide bonds. The number of para-hydroxylation sites is 2. The second kappa shape index (κ2) is 4.57. The second-order valence-corrected chi connectivity index (χ2v) is 3.56. The Morgan fingerprint density at radius 3 is 2.24 bits per heavy atom. The molecule has 2 aromatic carbocycles. The second-order valence-electron chi connectivity index (χ2n) is 3.56. The Bertz CT molecular complexity index is 553. The minimum atomic E-state index is -1.09. The molecule has 0 saturated heterocycles. The van der Waals surface area contributed by atoms with Gasteiger partial charge in [-0.05, 0) is 12.1 Å². The van der Waals surface area contributed by atoms with Gasteiger partial charge in [0.2, 0.25) is 0 Å². The summed E-state index contributed by atoms with van der Waals surface area (Å²) in [5, 5.41) is 11.1. The standard InChI is InChI=1S/C13H12N2O2/c14-11-7-3-1-5-9(11)10-6-2-4-8-12(10)15-13(16)17/h1-8,15H,14H2,(H,16,17). The first-order valence-corrected chi connectivity index (χ1v) is 5.12. The zero-order valence-corrected chi connectivity index (χ0v) is 9.05. The summed E-state index contributed by atoms with van der Waals surface area (Å²) in [6.07, 6.45) is -1.09. The van der Waals surface area contributed by atoms with E-state index in [4.69, 9.17) is 10.8 Å². The molecule has 0 aliphatic carbocycles. The van der Waals surface area contributed by atoms with E-state index >= 15 is 0 Å². The van der Waals surface area contributed by atoms with E-state index in [0.717, 1.165) is 11.1 Å². The highest BCUT2D eigenvalue weighted by atomic mass is 16.4. The van der Waals surface area contributed by atoms with Gasteiger partial charge in [-0.3, -0.25) is 5.32 Å². The van der Waals surface area contributed by atoms with Gasteiger partial charge in [-0.15, -0.1) is 0 Å². The van der Waals surface area contributed by atoms with Crippen LogP contribution in [0, 0.1) is 0 Å². The first-order chi connectivity index (χ1) is 8.18. The molecule has 0 aliphatic rings. The Hall–Kier alpha value is -2.49. The van der Waals surface area contributed by atoms with Gasteiger partial charge in [-0.2, -0.15) is 0 Å². The fraction of sp³-hybridized carbons (Fsp3) is 0. The monoisotopic (exact) mass is 228 g/mol. The molecule has 0 unspecified atom stereocenters. The van der Waals surface area contributed by atoms with Gasteiger partial charge in [0.15, 0.2) is 0 Å². The van der Waals surface area contributed by atoms with Gasteiger partial charge >= 0.3 is 6.09 Å². The van der Waals surface area contributed by atoms with Crippen LogP contribution in [0.5, 0.6) is 0 Å². The number of carboxylic acid groups (broad SMARTS) is 1. The van der Waals surface area contributed by atoms with Gasteiger partial charge in [-0.25, -0.2) is 4.79 Å². The third kappa shape index (κ3) is 2.36. The quantitative estimate of drug-likeness (QED) is 0.691. The molecule has 0 fully saturated rings. The number of nitrogens with two attached hydrogens (primary N) is 1. The summed E-state index contributed by atoms with van der Waals surface area (Å²) in [4.78, 5) is 10.7. The molecule has 0 heterocycles. The Morgan fingerprint density at radius 2 is 1.59 bits per heavy atom. The van der Waals surface area contributed by atoms with Gasteiger partial charge in [0.25, 0.3) is 0 Å². The number of nitrogen functional groups attached to an aromatic ring is 1. The third-order valence-electron chi connectivity index (χ3n) is 2.42. The van der Waals surface area contributed by atoms with Crippen LogP contribution in [-0.4, -0.2) is 11.2 Å². The fourth-order valence-electron chi connectivity index (χ4n) is 1.68. The van der Waals surface area contributed by atoms with Crippen LogP contribution >= 0.6 is 0 Å². The lowest BCUT2D eigenvalue weighted by Gasteiger charge is -2.10. The zero-order valence-electron chi connectivity index (χ0n) is 9.05. The number of hydrogen-bond acceptors (Lipinski definition) is 2. The van der Waals surface area contributed by atoms with Gasteiger partial charge in [0.1, 0.15) is 0 Å². The predicted molar refractivity (Wildman–Crippen MR) is 67.9 cm³/mol. The van der Waals surface area contributed by atoms with Crippen molar-refractivity contribution in [2.75, 3.05) is 11.1 Å². The first-order valence-electron chi connectivity index (χ1n) is 5.12. The van der Waals surface area contributed by atoms with Crippen LogP contribution in [0.2, 0.25) is 0 Å². The van der Waals surface area contributed by atoms with Gasteiger partial charge in [-0.1, -0.05) is 36.4 Å². The molecule has 0 saturated carbocycles. The lowest BCUT2D eigenvalue weighted by atomic mass is 10.0. The Kier molecular flexibility index (Phi) is 2.96. The van der Waals surface area contributed by atoms with Crippen molar-refractivity contribution < 1.29 is 9.90 Å².